The molecular formula is C27H39N9O8. The number of hydrazine groups is 1. The molecule has 0 fully saturated rings. The van der Waals surface area contributed by atoms with Crippen LogP contribution in [-0.2, 0) is 25.7 Å². The van der Waals surface area contributed by atoms with E-state index in [4.69, 9.17) is 16.1 Å². The number of nitrogens with one attached hydrogen (secondary N) is 5. The number of carbonyl (C=O) groups excluding carboxylic acids is 2. The molecule has 17 nitrogen and oxygen atoms in total. The summed E-state index contributed by atoms with van der Waals surface area (Å²) < 4.78 is 0. The highest BCUT2D eigenvalue weighted by atomic mass is 16.4. The van der Waals surface area contributed by atoms with E-state index in [0.29, 0.717) is 42.5 Å². The molecule has 10 N–H and O–H groups in total. The summed E-state index contributed by atoms with van der Waals surface area (Å²) >= 11 is 0. The van der Waals surface area contributed by atoms with Crippen LogP contribution in [0.5, 0.6) is 0 Å². The first-order valence-electron chi connectivity index (χ1n) is 13.7. The van der Waals surface area contributed by atoms with E-state index < -0.39 is 48.9 Å². The van der Waals surface area contributed by atoms with Crippen molar-refractivity contribution in [2.75, 3.05) is 43.5 Å². The van der Waals surface area contributed by atoms with Crippen LogP contribution in [0.25, 0.3) is 0 Å². The van der Waals surface area contributed by atoms with E-state index >= 15 is 0 Å². The van der Waals surface area contributed by atoms with Crippen LogP contribution in [-0.4, -0.2) is 105 Å². The summed E-state index contributed by atoms with van der Waals surface area (Å²) in [5.74, 6) is 1.26. The number of aryl methyl sites for hydroxylation is 1. The molecule has 0 aliphatic heterocycles. The maximum atomic E-state index is 12.7. The van der Waals surface area contributed by atoms with Gasteiger partial charge in [0.25, 0.3) is 5.91 Å². The molecule has 2 aromatic rings. The lowest BCUT2D eigenvalue weighted by Gasteiger charge is -2.20. The van der Waals surface area contributed by atoms with Gasteiger partial charge in [-0.1, -0.05) is 0 Å². The third-order valence-corrected chi connectivity index (χ3v) is 6.20. The fourth-order valence-corrected chi connectivity index (χ4v) is 4.01. The number of rotatable bonds is 20. The first kappa shape index (κ1) is 35.3. The number of carbonyl (C=O) groups is 5. The van der Waals surface area contributed by atoms with Crippen LogP contribution in [0.3, 0.4) is 0 Å². The number of nitrogen functional groups attached to an aromatic ring is 1. The molecule has 0 aliphatic rings. The van der Waals surface area contributed by atoms with Gasteiger partial charge in [0.1, 0.15) is 6.04 Å². The Morgan fingerprint density at radius 2 is 1.66 bits per heavy atom. The maximum absolute atomic E-state index is 12.7. The number of aromatic nitrogens is 2. The van der Waals surface area contributed by atoms with Crippen LogP contribution in [0, 0.1) is 6.92 Å². The lowest BCUT2D eigenvalue weighted by Crippen LogP contribution is -2.44. The van der Waals surface area contributed by atoms with Gasteiger partial charge in [-0.2, -0.15) is 0 Å². The number of carboxylic acid groups (broad SMARTS) is 3. The van der Waals surface area contributed by atoms with E-state index in [1.807, 2.05) is 0 Å². The molecule has 0 radical (unpaired) electrons. The van der Waals surface area contributed by atoms with Gasteiger partial charge in [-0.25, -0.2) is 15.6 Å². The van der Waals surface area contributed by atoms with Gasteiger partial charge in [-0.05, 0) is 44.5 Å². The summed E-state index contributed by atoms with van der Waals surface area (Å²) in [5, 5.41) is 38.7. The normalized spacial score (nSPS) is 12.2. The topological polar surface area (TPSA) is 261 Å². The monoisotopic (exact) mass is 617 g/mol. The predicted octanol–water partition coefficient (Wildman–Crippen LogP) is -0.789. The molecule has 0 saturated heterocycles. The third-order valence-electron chi connectivity index (χ3n) is 6.20. The van der Waals surface area contributed by atoms with Crippen molar-refractivity contribution in [1.29, 1.82) is 0 Å². The van der Waals surface area contributed by atoms with Crippen LogP contribution in [0.4, 0.5) is 11.5 Å². The standard InChI is InChI=1S/C27H39N9O8/c1-16(11-29-9-10-36(14-23(38)39)15-24(40)41)32-22(37)8-7-21(27(43)44)34-26(42)18-3-5-19(6-4-18)30-12-20-13-31-25(35-28)17(2)33-20/h3-6,13,16,21,29-30H,7-12,14-15,28H2,1-2H3,(H,31,35)(H,32,37)(H,34,42)(H,38,39)(H,40,41)(H,43,44). The van der Waals surface area contributed by atoms with Crippen LogP contribution in [0.15, 0.2) is 30.5 Å². The Bertz CT molecular complexity index is 1280. The molecule has 2 rings (SSSR count). The second kappa shape index (κ2) is 17.9. The molecule has 240 valence electrons. The van der Waals surface area contributed by atoms with E-state index in [9.17, 15) is 29.1 Å². The Balaban J connectivity index is 1.76. The molecule has 1 aromatic carbocycles. The minimum Gasteiger partial charge on any atom is -0.480 e. The largest absolute Gasteiger partial charge is 0.480 e. The molecular weight excluding hydrogens is 578 g/mol. The van der Waals surface area contributed by atoms with Gasteiger partial charge in [0.2, 0.25) is 5.91 Å². The smallest absolute Gasteiger partial charge is 0.326 e. The van der Waals surface area contributed by atoms with E-state index in [1.165, 1.54) is 4.90 Å². The SMILES string of the molecule is Cc1nc(CNc2ccc(C(=O)NC(CCC(=O)NC(C)CNCCN(CC(=O)O)CC(=O)O)C(=O)O)cc2)cnc1NN. The van der Waals surface area contributed by atoms with Crippen molar-refractivity contribution in [2.24, 2.45) is 5.84 Å². The molecule has 17 heteroatoms. The summed E-state index contributed by atoms with van der Waals surface area (Å²) in [6.07, 6.45) is 1.29. The molecule has 0 bridgehead atoms. The lowest BCUT2D eigenvalue weighted by molar-refractivity contribution is -0.142. The predicted molar refractivity (Wildman–Crippen MR) is 159 cm³/mol. The van der Waals surface area contributed by atoms with E-state index in [0.717, 1.165) is 0 Å². The molecule has 2 unspecified atom stereocenters. The van der Waals surface area contributed by atoms with Crippen molar-refractivity contribution in [3.8, 4) is 0 Å². The third kappa shape index (κ3) is 13.0. The number of aliphatic carboxylic acids is 3. The zero-order valence-corrected chi connectivity index (χ0v) is 24.5. The lowest BCUT2D eigenvalue weighted by atomic mass is 10.1. The number of hydrogen-bond acceptors (Lipinski definition) is 12. The fraction of sp³-hybridized carbons (Fsp3) is 0.444. The summed E-state index contributed by atoms with van der Waals surface area (Å²) in [5.41, 5.74) is 4.72. The van der Waals surface area contributed by atoms with Gasteiger partial charge >= 0.3 is 17.9 Å². The summed E-state index contributed by atoms with van der Waals surface area (Å²) in [7, 11) is 0. The van der Waals surface area contributed by atoms with Crippen LogP contribution >= 0.6 is 0 Å². The Hall–Kier alpha value is -4.87. The zero-order chi connectivity index (χ0) is 32.6. The number of benzene rings is 1. The van der Waals surface area contributed by atoms with Gasteiger partial charge in [0.15, 0.2) is 5.82 Å². The quantitative estimate of drug-likeness (QED) is 0.0501. The first-order valence-corrected chi connectivity index (χ1v) is 13.7. The van der Waals surface area contributed by atoms with Gasteiger partial charge < -0.3 is 42.0 Å². The van der Waals surface area contributed by atoms with Crippen molar-refractivity contribution >= 4 is 41.2 Å². The van der Waals surface area contributed by atoms with Gasteiger partial charge in [-0.3, -0.25) is 29.1 Å². The Labute approximate surface area is 253 Å². The number of hydrogen-bond donors (Lipinski definition) is 9. The minimum atomic E-state index is -1.29. The average Bonchev–Trinajstić information content (AvgIpc) is 2.95. The minimum absolute atomic E-state index is 0.134. The Morgan fingerprint density at radius 1 is 1.00 bits per heavy atom. The molecule has 2 atom stereocenters. The van der Waals surface area contributed by atoms with Crippen molar-refractivity contribution in [2.45, 2.75) is 45.3 Å². The average molecular weight is 618 g/mol. The molecule has 1 heterocycles. The number of amides is 2. The van der Waals surface area contributed by atoms with Crippen molar-refractivity contribution < 1.29 is 39.3 Å². The first-order chi connectivity index (χ1) is 20.9. The van der Waals surface area contributed by atoms with E-state index in [1.54, 1.807) is 44.3 Å². The van der Waals surface area contributed by atoms with Crippen LogP contribution < -0.4 is 32.5 Å². The van der Waals surface area contributed by atoms with E-state index in [2.05, 4.69) is 36.7 Å². The van der Waals surface area contributed by atoms with Gasteiger partial charge in [-0.15, -0.1) is 0 Å². The number of nitrogens with zero attached hydrogens (tertiary/aromatic N) is 3. The molecule has 2 amide bonds. The fourth-order valence-electron chi connectivity index (χ4n) is 4.01. The highest BCUT2D eigenvalue weighted by molar-refractivity contribution is 5.97. The zero-order valence-electron chi connectivity index (χ0n) is 24.5. The number of carboxylic acids is 3. The molecule has 1 aromatic heterocycles. The summed E-state index contributed by atoms with van der Waals surface area (Å²) in [4.78, 5) is 68.3. The van der Waals surface area contributed by atoms with Crippen molar-refractivity contribution in [3.63, 3.8) is 0 Å². The highest BCUT2D eigenvalue weighted by Crippen LogP contribution is 2.13. The second-order valence-corrected chi connectivity index (χ2v) is 9.94. The van der Waals surface area contributed by atoms with Crippen LogP contribution in [0.1, 0.15) is 41.5 Å². The second-order valence-electron chi connectivity index (χ2n) is 9.94. The van der Waals surface area contributed by atoms with E-state index in [-0.39, 0.29) is 31.0 Å². The van der Waals surface area contributed by atoms with Crippen molar-refractivity contribution in [3.05, 3.63) is 47.4 Å². The number of anilines is 2. The van der Waals surface area contributed by atoms with Gasteiger partial charge in [0, 0.05) is 43.3 Å². The maximum Gasteiger partial charge on any atom is 0.326 e. The molecule has 0 spiro atoms. The summed E-state index contributed by atoms with van der Waals surface area (Å²) in [6, 6.07) is 4.77. The summed E-state index contributed by atoms with van der Waals surface area (Å²) in [6.45, 7) is 3.82. The Kier molecular flexibility index (Phi) is 14.4. The molecule has 0 saturated carbocycles. The van der Waals surface area contributed by atoms with Crippen LogP contribution in [0.2, 0.25) is 0 Å². The Morgan fingerprint density at radius 3 is 2.23 bits per heavy atom. The highest BCUT2D eigenvalue weighted by Gasteiger charge is 2.22. The number of nitrogens with two attached hydrogens (primary N) is 1. The van der Waals surface area contributed by atoms with Gasteiger partial charge in [0.05, 0.1) is 37.2 Å². The molecule has 0 aliphatic carbocycles. The van der Waals surface area contributed by atoms with Crippen molar-refractivity contribution in [1.82, 2.24) is 30.8 Å². The molecule has 44 heavy (non-hydrogen) atoms.